The molecule has 1 atom stereocenters. The van der Waals surface area contributed by atoms with Gasteiger partial charge in [0.25, 0.3) is 0 Å². The summed E-state index contributed by atoms with van der Waals surface area (Å²) in [6, 6.07) is 19.7. The van der Waals surface area contributed by atoms with Crippen LogP contribution >= 0.6 is 0 Å². The highest BCUT2D eigenvalue weighted by atomic mass is 16.5. The zero-order valence-electron chi connectivity index (χ0n) is 11.8. The summed E-state index contributed by atoms with van der Waals surface area (Å²) < 4.78 is 5.57. The number of para-hydroxylation sites is 2. The minimum Gasteiger partial charge on any atom is -0.491 e. The van der Waals surface area contributed by atoms with Gasteiger partial charge in [0.2, 0.25) is 0 Å². The number of nitrogens with zero attached hydrogens (tertiary/aromatic N) is 1. The highest BCUT2D eigenvalue weighted by Crippen LogP contribution is 2.14. The summed E-state index contributed by atoms with van der Waals surface area (Å²) in [7, 11) is 0. The number of benzene rings is 2. The summed E-state index contributed by atoms with van der Waals surface area (Å²) >= 11 is 0. The van der Waals surface area contributed by atoms with E-state index in [1.807, 2.05) is 60.7 Å². The first kappa shape index (κ1) is 14.4. The first-order valence-electron chi connectivity index (χ1n) is 6.95. The molecule has 0 aliphatic carbocycles. The van der Waals surface area contributed by atoms with Crippen LogP contribution in [-0.2, 0) is 0 Å². The molecule has 1 N–H and O–H groups in total. The Kier molecular flexibility index (Phi) is 5.44. The lowest BCUT2D eigenvalue weighted by atomic mass is 10.2. The average molecular weight is 271 g/mol. The fourth-order valence-corrected chi connectivity index (χ4v) is 2.07. The molecule has 20 heavy (non-hydrogen) atoms. The smallest absolute Gasteiger partial charge is 0.119 e. The zero-order chi connectivity index (χ0) is 14.2. The van der Waals surface area contributed by atoms with Crippen molar-refractivity contribution in [2.45, 2.75) is 13.0 Å². The van der Waals surface area contributed by atoms with Crippen molar-refractivity contribution in [1.82, 2.24) is 0 Å². The SMILES string of the molecule is CCN(CC(O)COc1ccccc1)c1ccccc1. The predicted molar refractivity (Wildman–Crippen MR) is 82.3 cm³/mol. The van der Waals surface area contributed by atoms with Crippen molar-refractivity contribution in [1.29, 1.82) is 0 Å². The Morgan fingerprint density at radius 1 is 1.00 bits per heavy atom. The van der Waals surface area contributed by atoms with Crippen LogP contribution in [0.3, 0.4) is 0 Å². The summed E-state index contributed by atoms with van der Waals surface area (Å²) in [4.78, 5) is 2.14. The van der Waals surface area contributed by atoms with E-state index in [0.717, 1.165) is 18.0 Å². The van der Waals surface area contributed by atoms with Gasteiger partial charge in [-0.15, -0.1) is 0 Å². The number of hydrogen-bond donors (Lipinski definition) is 1. The maximum absolute atomic E-state index is 10.1. The van der Waals surface area contributed by atoms with E-state index in [-0.39, 0.29) is 0 Å². The number of anilines is 1. The van der Waals surface area contributed by atoms with Crippen molar-refractivity contribution in [2.24, 2.45) is 0 Å². The zero-order valence-corrected chi connectivity index (χ0v) is 11.8. The van der Waals surface area contributed by atoms with Gasteiger partial charge in [-0.3, -0.25) is 0 Å². The minimum absolute atomic E-state index is 0.299. The number of aliphatic hydroxyl groups excluding tert-OH is 1. The predicted octanol–water partition coefficient (Wildman–Crippen LogP) is 2.95. The van der Waals surface area contributed by atoms with Crippen LogP contribution in [0.15, 0.2) is 60.7 Å². The number of hydrogen-bond acceptors (Lipinski definition) is 3. The molecular weight excluding hydrogens is 250 g/mol. The van der Waals surface area contributed by atoms with E-state index in [9.17, 15) is 5.11 Å². The molecule has 2 rings (SSSR count). The largest absolute Gasteiger partial charge is 0.491 e. The fourth-order valence-electron chi connectivity index (χ4n) is 2.07. The van der Waals surface area contributed by atoms with Gasteiger partial charge in [0, 0.05) is 18.8 Å². The summed E-state index contributed by atoms with van der Waals surface area (Å²) in [5.41, 5.74) is 1.12. The van der Waals surface area contributed by atoms with Gasteiger partial charge in [0.05, 0.1) is 0 Å². The van der Waals surface area contributed by atoms with Crippen molar-refractivity contribution < 1.29 is 9.84 Å². The summed E-state index contributed by atoms with van der Waals surface area (Å²) in [6.07, 6.45) is -0.518. The minimum atomic E-state index is -0.518. The van der Waals surface area contributed by atoms with E-state index in [0.29, 0.717) is 13.2 Å². The molecule has 2 aromatic carbocycles. The molecule has 0 aliphatic rings. The third kappa shape index (κ3) is 4.28. The van der Waals surface area contributed by atoms with E-state index >= 15 is 0 Å². The van der Waals surface area contributed by atoms with Gasteiger partial charge in [-0.05, 0) is 31.2 Å². The van der Waals surface area contributed by atoms with Gasteiger partial charge in [0.1, 0.15) is 18.5 Å². The number of aliphatic hydroxyl groups is 1. The standard InChI is InChI=1S/C17H21NO2/c1-2-18(15-9-5-3-6-10-15)13-16(19)14-20-17-11-7-4-8-12-17/h3-12,16,19H,2,13-14H2,1H3. The Bertz CT molecular complexity index is 487. The Hall–Kier alpha value is -2.00. The fraction of sp³-hybridized carbons (Fsp3) is 0.294. The highest BCUT2D eigenvalue weighted by molar-refractivity contribution is 5.45. The molecule has 3 nitrogen and oxygen atoms in total. The van der Waals surface area contributed by atoms with Crippen molar-refractivity contribution in [3.05, 3.63) is 60.7 Å². The molecule has 0 heterocycles. The molecule has 0 aromatic heterocycles. The second-order valence-corrected chi connectivity index (χ2v) is 4.65. The first-order valence-corrected chi connectivity index (χ1v) is 6.95. The van der Waals surface area contributed by atoms with Crippen molar-refractivity contribution >= 4 is 5.69 Å². The lowest BCUT2D eigenvalue weighted by Crippen LogP contribution is -2.35. The van der Waals surface area contributed by atoms with Crippen molar-refractivity contribution in [3.8, 4) is 5.75 Å². The van der Waals surface area contributed by atoms with E-state index in [1.165, 1.54) is 0 Å². The molecule has 3 heteroatoms. The molecule has 0 saturated carbocycles. The van der Waals surface area contributed by atoms with Crippen LogP contribution in [0.1, 0.15) is 6.92 Å². The van der Waals surface area contributed by atoms with Crippen molar-refractivity contribution in [3.63, 3.8) is 0 Å². The average Bonchev–Trinajstić information content (AvgIpc) is 2.52. The third-order valence-electron chi connectivity index (χ3n) is 3.12. The van der Waals surface area contributed by atoms with Crippen LogP contribution in [0, 0.1) is 0 Å². The van der Waals surface area contributed by atoms with Crippen LogP contribution in [0.5, 0.6) is 5.75 Å². The molecule has 1 unspecified atom stereocenters. The van der Waals surface area contributed by atoms with E-state index in [1.54, 1.807) is 0 Å². The Morgan fingerprint density at radius 3 is 2.20 bits per heavy atom. The molecule has 0 aliphatic heterocycles. The lowest BCUT2D eigenvalue weighted by Gasteiger charge is -2.26. The van der Waals surface area contributed by atoms with Crippen molar-refractivity contribution in [2.75, 3.05) is 24.6 Å². The highest BCUT2D eigenvalue weighted by Gasteiger charge is 2.11. The third-order valence-corrected chi connectivity index (χ3v) is 3.12. The Balaban J connectivity index is 1.85. The van der Waals surface area contributed by atoms with Gasteiger partial charge in [-0.2, -0.15) is 0 Å². The van der Waals surface area contributed by atoms with Gasteiger partial charge < -0.3 is 14.7 Å². The van der Waals surface area contributed by atoms with E-state index in [2.05, 4.69) is 11.8 Å². The maximum atomic E-state index is 10.1. The van der Waals surface area contributed by atoms with Gasteiger partial charge >= 0.3 is 0 Å². The molecule has 106 valence electrons. The Morgan fingerprint density at radius 2 is 1.60 bits per heavy atom. The molecule has 0 saturated heterocycles. The molecule has 0 fully saturated rings. The topological polar surface area (TPSA) is 32.7 Å². The maximum Gasteiger partial charge on any atom is 0.119 e. The molecular formula is C17H21NO2. The molecule has 2 aromatic rings. The molecule has 0 bridgehead atoms. The lowest BCUT2D eigenvalue weighted by molar-refractivity contribution is 0.112. The normalized spacial score (nSPS) is 11.9. The van der Waals surface area contributed by atoms with Crippen LogP contribution < -0.4 is 9.64 Å². The summed E-state index contributed by atoms with van der Waals surface area (Å²) in [5.74, 6) is 0.786. The monoisotopic (exact) mass is 271 g/mol. The van der Waals surface area contributed by atoms with Gasteiger partial charge in [-0.25, -0.2) is 0 Å². The second kappa shape index (κ2) is 7.56. The quantitative estimate of drug-likeness (QED) is 0.840. The number of rotatable bonds is 7. The second-order valence-electron chi connectivity index (χ2n) is 4.65. The van der Waals surface area contributed by atoms with E-state index < -0.39 is 6.10 Å². The first-order chi connectivity index (χ1) is 9.79. The summed E-state index contributed by atoms with van der Waals surface area (Å²) in [6.45, 7) is 3.80. The van der Waals surface area contributed by atoms with Crippen LogP contribution in [0.4, 0.5) is 5.69 Å². The molecule has 0 radical (unpaired) electrons. The van der Waals surface area contributed by atoms with Gasteiger partial charge in [-0.1, -0.05) is 36.4 Å². The number of likely N-dealkylation sites (N-methyl/N-ethyl adjacent to an activating group) is 1. The molecule has 0 amide bonds. The van der Waals surface area contributed by atoms with Crippen LogP contribution in [0.2, 0.25) is 0 Å². The van der Waals surface area contributed by atoms with Crippen LogP contribution in [0.25, 0.3) is 0 Å². The number of ether oxygens (including phenoxy) is 1. The van der Waals surface area contributed by atoms with E-state index in [4.69, 9.17) is 4.74 Å². The Labute approximate surface area is 120 Å². The van der Waals surface area contributed by atoms with Crippen LogP contribution in [-0.4, -0.2) is 30.9 Å². The van der Waals surface area contributed by atoms with Gasteiger partial charge in [0.15, 0.2) is 0 Å². The summed E-state index contributed by atoms with van der Waals surface area (Å²) in [5, 5.41) is 10.1. The molecule has 0 spiro atoms.